The maximum atomic E-state index is 12.0. The smallest absolute Gasteiger partial charge is 0.293 e. The second-order valence-corrected chi connectivity index (χ2v) is 4.70. The molecule has 1 heterocycles. The van der Waals surface area contributed by atoms with E-state index < -0.39 is 11.4 Å². The van der Waals surface area contributed by atoms with Gasteiger partial charge >= 0.3 is 0 Å². The molecule has 17 heavy (non-hydrogen) atoms. The van der Waals surface area contributed by atoms with Crippen LogP contribution >= 0.6 is 0 Å². The maximum Gasteiger partial charge on any atom is 0.293 e. The maximum absolute atomic E-state index is 12.0. The molecule has 6 nitrogen and oxygen atoms in total. The summed E-state index contributed by atoms with van der Waals surface area (Å²) in [4.78, 5) is 27.1. The zero-order valence-corrected chi connectivity index (χ0v) is 10.5. The zero-order valence-electron chi connectivity index (χ0n) is 10.5. The predicted molar refractivity (Wildman–Crippen MR) is 65.8 cm³/mol. The SMILES string of the molecule is CC(C)n1ccnc(NC(C)(C)C(N)=O)c1=O. The lowest BCUT2D eigenvalue weighted by atomic mass is 10.1. The molecule has 0 aliphatic rings. The number of anilines is 1. The Labute approximate surface area is 99.8 Å². The molecule has 1 amide bonds. The van der Waals surface area contributed by atoms with E-state index in [9.17, 15) is 9.59 Å². The second kappa shape index (κ2) is 4.57. The molecule has 6 heteroatoms. The normalized spacial score (nSPS) is 11.6. The molecule has 94 valence electrons. The van der Waals surface area contributed by atoms with Crippen LogP contribution in [0, 0.1) is 0 Å². The van der Waals surface area contributed by atoms with Crippen LogP contribution < -0.4 is 16.6 Å². The summed E-state index contributed by atoms with van der Waals surface area (Å²) in [5.74, 6) is -0.413. The number of carbonyl (C=O) groups is 1. The number of primary amides is 1. The topological polar surface area (TPSA) is 90.0 Å². The van der Waals surface area contributed by atoms with Gasteiger partial charge in [0.15, 0.2) is 5.82 Å². The first-order valence-corrected chi connectivity index (χ1v) is 5.41. The molecule has 0 fully saturated rings. The van der Waals surface area contributed by atoms with Crippen LogP contribution in [-0.4, -0.2) is 21.0 Å². The Kier molecular flexibility index (Phi) is 3.55. The van der Waals surface area contributed by atoms with Crippen molar-refractivity contribution in [3.8, 4) is 0 Å². The van der Waals surface area contributed by atoms with Crippen molar-refractivity contribution >= 4 is 11.7 Å². The summed E-state index contributed by atoms with van der Waals surface area (Å²) in [6.07, 6.45) is 3.12. The molecular formula is C11H18N4O2. The van der Waals surface area contributed by atoms with Crippen LogP contribution in [0.3, 0.4) is 0 Å². The molecule has 0 unspecified atom stereocenters. The van der Waals surface area contributed by atoms with E-state index in [0.29, 0.717) is 0 Å². The summed E-state index contributed by atoms with van der Waals surface area (Å²) in [6, 6.07) is 0.0303. The van der Waals surface area contributed by atoms with E-state index in [1.807, 2.05) is 13.8 Å². The molecule has 0 aliphatic heterocycles. The monoisotopic (exact) mass is 238 g/mol. The molecule has 0 bridgehead atoms. The average molecular weight is 238 g/mol. The third-order valence-electron chi connectivity index (χ3n) is 2.47. The Bertz CT molecular complexity index is 477. The van der Waals surface area contributed by atoms with Gasteiger partial charge in [-0.1, -0.05) is 0 Å². The summed E-state index contributed by atoms with van der Waals surface area (Å²) in [7, 11) is 0. The number of carbonyl (C=O) groups excluding carboxylic acids is 1. The fourth-order valence-corrected chi connectivity index (χ4v) is 1.27. The molecule has 0 saturated carbocycles. The van der Waals surface area contributed by atoms with Gasteiger partial charge in [0.1, 0.15) is 5.54 Å². The standard InChI is InChI=1S/C11H18N4O2/c1-7(2)15-6-5-13-8(9(15)16)14-11(3,4)10(12)17/h5-7H,1-4H3,(H2,12,17)(H,13,14). The van der Waals surface area contributed by atoms with Crippen molar-refractivity contribution in [2.75, 3.05) is 5.32 Å². The van der Waals surface area contributed by atoms with E-state index in [1.54, 1.807) is 20.0 Å². The molecule has 0 saturated heterocycles. The summed E-state index contributed by atoms with van der Waals surface area (Å²) >= 11 is 0. The van der Waals surface area contributed by atoms with Crippen LogP contribution in [0.5, 0.6) is 0 Å². The molecule has 0 radical (unpaired) electrons. The first kappa shape index (κ1) is 13.2. The van der Waals surface area contributed by atoms with Crippen molar-refractivity contribution in [3.05, 3.63) is 22.7 Å². The van der Waals surface area contributed by atoms with Crippen LogP contribution in [0.25, 0.3) is 0 Å². The Balaban J connectivity index is 3.13. The molecule has 1 rings (SSSR count). The van der Waals surface area contributed by atoms with E-state index in [2.05, 4.69) is 10.3 Å². The van der Waals surface area contributed by atoms with Crippen molar-refractivity contribution in [2.45, 2.75) is 39.3 Å². The molecule has 0 aliphatic carbocycles. The number of nitrogens with two attached hydrogens (primary N) is 1. The molecule has 3 N–H and O–H groups in total. The van der Waals surface area contributed by atoms with E-state index in [1.165, 1.54) is 10.8 Å². The highest BCUT2D eigenvalue weighted by Crippen LogP contribution is 2.09. The van der Waals surface area contributed by atoms with Crippen molar-refractivity contribution in [2.24, 2.45) is 5.73 Å². The van der Waals surface area contributed by atoms with Crippen molar-refractivity contribution < 1.29 is 4.79 Å². The van der Waals surface area contributed by atoms with Gasteiger partial charge in [-0.3, -0.25) is 9.59 Å². The Morgan fingerprint density at radius 1 is 1.53 bits per heavy atom. The highest BCUT2D eigenvalue weighted by atomic mass is 16.2. The fourth-order valence-electron chi connectivity index (χ4n) is 1.27. The number of rotatable bonds is 4. The summed E-state index contributed by atoms with van der Waals surface area (Å²) in [5.41, 5.74) is 3.95. The third kappa shape index (κ3) is 2.83. The highest BCUT2D eigenvalue weighted by Gasteiger charge is 2.26. The molecule has 0 atom stereocenters. The summed E-state index contributed by atoms with van der Waals surface area (Å²) < 4.78 is 1.53. The Morgan fingerprint density at radius 3 is 2.59 bits per heavy atom. The number of hydrogen-bond acceptors (Lipinski definition) is 4. The largest absolute Gasteiger partial charge is 0.368 e. The molecule has 1 aromatic rings. The van der Waals surface area contributed by atoms with Gasteiger partial charge in [0.05, 0.1) is 0 Å². The minimum absolute atomic E-state index is 0.0303. The van der Waals surface area contributed by atoms with Crippen LogP contribution in [0.15, 0.2) is 17.2 Å². The number of nitrogens with one attached hydrogen (secondary N) is 1. The fraction of sp³-hybridized carbons (Fsp3) is 0.545. The summed E-state index contributed by atoms with van der Waals surface area (Å²) in [6.45, 7) is 6.99. The highest BCUT2D eigenvalue weighted by molar-refractivity contribution is 5.86. The van der Waals surface area contributed by atoms with Crippen LogP contribution in [-0.2, 0) is 4.79 Å². The van der Waals surface area contributed by atoms with E-state index >= 15 is 0 Å². The lowest BCUT2D eigenvalue weighted by Gasteiger charge is -2.23. The predicted octanol–water partition coefficient (Wildman–Crippen LogP) is 0.500. The van der Waals surface area contributed by atoms with Crippen molar-refractivity contribution in [3.63, 3.8) is 0 Å². The van der Waals surface area contributed by atoms with Crippen LogP contribution in [0.2, 0.25) is 0 Å². The average Bonchev–Trinajstić information content (AvgIpc) is 2.20. The van der Waals surface area contributed by atoms with E-state index in [0.717, 1.165) is 0 Å². The lowest BCUT2D eigenvalue weighted by Crippen LogP contribution is -2.47. The minimum atomic E-state index is -1.01. The Hall–Kier alpha value is -1.85. The van der Waals surface area contributed by atoms with E-state index in [4.69, 9.17) is 5.73 Å². The zero-order chi connectivity index (χ0) is 13.2. The second-order valence-electron chi connectivity index (χ2n) is 4.70. The van der Waals surface area contributed by atoms with Gasteiger partial charge in [0, 0.05) is 18.4 Å². The van der Waals surface area contributed by atoms with Gasteiger partial charge in [-0.15, -0.1) is 0 Å². The molecule has 1 aromatic heterocycles. The summed E-state index contributed by atoms with van der Waals surface area (Å²) in [5, 5.41) is 2.76. The van der Waals surface area contributed by atoms with Crippen LogP contribution in [0.1, 0.15) is 33.7 Å². The van der Waals surface area contributed by atoms with Gasteiger partial charge in [0.25, 0.3) is 5.56 Å². The van der Waals surface area contributed by atoms with E-state index in [-0.39, 0.29) is 17.4 Å². The van der Waals surface area contributed by atoms with Gasteiger partial charge in [-0.25, -0.2) is 4.98 Å². The first-order chi connectivity index (χ1) is 7.75. The van der Waals surface area contributed by atoms with Gasteiger partial charge in [0.2, 0.25) is 5.91 Å². The number of aromatic nitrogens is 2. The van der Waals surface area contributed by atoms with Gasteiger partial charge < -0.3 is 15.6 Å². The van der Waals surface area contributed by atoms with Crippen molar-refractivity contribution in [1.82, 2.24) is 9.55 Å². The first-order valence-electron chi connectivity index (χ1n) is 5.41. The third-order valence-corrected chi connectivity index (χ3v) is 2.47. The number of amides is 1. The quantitative estimate of drug-likeness (QED) is 0.799. The molecule has 0 spiro atoms. The minimum Gasteiger partial charge on any atom is -0.368 e. The van der Waals surface area contributed by atoms with Crippen molar-refractivity contribution in [1.29, 1.82) is 0 Å². The number of nitrogens with zero attached hydrogens (tertiary/aromatic N) is 2. The lowest BCUT2D eigenvalue weighted by molar-refractivity contribution is -0.121. The van der Waals surface area contributed by atoms with Gasteiger partial charge in [-0.2, -0.15) is 0 Å². The van der Waals surface area contributed by atoms with Gasteiger partial charge in [-0.05, 0) is 27.7 Å². The Morgan fingerprint density at radius 2 is 2.12 bits per heavy atom. The molecular weight excluding hydrogens is 220 g/mol. The molecule has 0 aromatic carbocycles. The van der Waals surface area contributed by atoms with Crippen LogP contribution in [0.4, 0.5) is 5.82 Å². The number of hydrogen-bond donors (Lipinski definition) is 2.